The number of sulfonamides is 1. The lowest BCUT2D eigenvalue weighted by molar-refractivity contribution is 0.0730. The van der Waals surface area contributed by atoms with Crippen molar-refractivity contribution in [1.82, 2.24) is 19.1 Å². The van der Waals surface area contributed by atoms with Gasteiger partial charge in [-0.1, -0.05) is 29.0 Å². The Balaban J connectivity index is 1.44. The van der Waals surface area contributed by atoms with Crippen molar-refractivity contribution in [2.24, 2.45) is 0 Å². The number of carbonyl (C=O) groups excluding carboxylic acids is 1. The topological polar surface area (TPSA) is 97.6 Å². The average Bonchev–Trinajstić information content (AvgIpc) is 3.56. The summed E-state index contributed by atoms with van der Waals surface area (Å²) in [6, 6.07) is 13.3. The van der Waals surface area contributed by atoms with Crippen LogP contribution in [0.4, 0.5) is 5.13 Å². The first-order valence-electron chi connectivity index (χ1n) is 11.0. The van der Waals surface area contributed by atoms with E-state index in [2.05, 4.69) is 10.1 Å². The maximum Gasteiger partial charge on any atom is 0.260 e. The summed E-state index contributed by atoms with van der Waals surface area (Å²) >= 11 is 7.68. The van der Waals surface area contributed by atoms with Crippen LogP contribution in [-0.2, 0) is 21.3 Å². The van der Waals surface area contributed by atoms with E-state index in [9.17, 15) is 13.2 Å². The molecule has 3 heterocycles. The van der Waals surface area contributed by atoms with E-state index < -0.39 is 10.0 Å². The van der Waals surface area contributed by atoms with Gasteiger partial charge in [0.05, 0.1) is 34.4 Å². The molecule has 5 rings (SSSR count). The molecule has 0 spiro atoms. The lowest BCUT2D eigenvalue weighted by Gasteiger charge is -2.26. The molecule has 1 aliphatic heterocycles. The summed E-state index contributed by atoms with van der Waals surface area (Å²) in [6.45, 7) is 2.15. The first kappa shape index (κ1) is 23.9. The van der Waals surface area contributed by atoms with Crippen molar-refractivity contribution in [3.8, 4) is 0 Å². The van der Waals surface area contributed by atoms with E-state index >= 15 is 0 Å². The fourth-order valence-electron chi connectivity index (χ4n) is 3.80. The molecule has 0 unspecified atom stereocenters. The molecule has 1 saturated heterocycles. The highest BCUT2D eigenvalue weighted by molar-refractivity contribution is 7.89. The molecule has 2 aromatic heterocycles. The molecule has 0 radical (unpaired) electrons. The largest absolute Gasteiger partial charge is 0.379 e. The number of fused-ring (bicyclic) bond motifs is 1. The predicted octanol–water partition coefficient (Wildman–Crippen LogP) is 3.51. The zero-order chi connectivity index (χ0) is 24.4. The Kier molecular flexibility index (Phi) is 6.85. The summed E-state index contributed by atoms with van der Waals surface area (Å²) in [6.07, 6.45) is 3.50. The number of hydrogen-bond donors (Lipinski definition) is 0. The van der Waals surface area contributed by atoms with Crippen LogP contribution in [0.25, 0.3) is 10.2 Å². The molecule has 182 valence electrons. The molecule has 9 nitrogen and oxygen atoms in total. The van der Waals surface area contributed by atoms with E-state index in [1.807, 2.05) is 24.4 Å². The number of thiazole rings is 1. The molecule has 1 aliphatic rings. The Hall–Kier alpha value is -2.83. The summed E-state index contributed by atoms with van der Waals surface area (Å²) < 4.78 is 35.1. The average molecular weight is 532 g/mol. The Bertz CT molecular complexity index is 1430. The van der Waals surface area contributed by atoms with Gasteiger partial charge < -0.3 is 4.74 Å². The zero-order valence-corrected chi connectivity index (χ0v) is 21.0. The molecule has 1 fully saturated rings. The van der Waals surface area contributed by atoms with Crippen LogP contribution >= 0.6 is 22.9 Å². The van der Waals surface area contributed by atoms with E-state index in [1.165, 1.54) is 39.9 Å². The number of halogens is 1. The van der Waals surface area contributed by atoms with E-state index in [-0.39, 0.29) is 10.8 Å². The lowest BCUT2D eigenvalue weighted by atomic mass is 10.2. The monoisotopic (exact) mass is 531 g/mol. The number of hydrogen-bond acceptors (Lipinski definition) is 7. The van der Waals surface area contributed by atoms with Crippen molar-refractivity contribution in [1.29, 1.82) is 0 Å². The second kappa shape index (κ2) is 10.0. The van der Waals surface area contributed by atoms with Gasteiger partial charge in [-0.05, 0) is 42.5 Å². The summed E-state index contributed by atoms with van der Waals surface area (Å²) in [7, 11) is -3.65. The standard InChI is InChI=1S/C23H22ClN5O4S2/c24-19-3-1-4-20-21(19)26-23(34-20)29(12-11-27-10-2-9-25-27)22(30)17-5-7-18(8-6-17)35(31,32)28-13-15-33-16-14-28/h1-10H,11-16H2. The summed E-state index contributed by atoms with van der Waals surface area (Å²) in [5, 5.41) is 5.24. The SMILES string of the molecule is O=C(c1ccc(S(=O)(=O)N2CCOCC2)cc1)N(CCn1cccn1)c1nc2c(Cl)cccc2s1. The minimum atomic E-state index is -3.65. The molecule has 0 aliphatic carbocycles. The van der Waals surface area contributed by atoms with Crippen LogP contribution in [0.3, 0.4) is 0 Å². The van der Waals surface area contributed by atoms with E-state index in [4.69, 9.17) is 16.3 Å². The number of aromatic nitrogens is 3. The molecule has 0 N–H and O–H groups in total. The third-order valence-corrected chi connectivity index (χ3v) is 8.92. The maximum atomic E-state index is 13.6. The van der Waals surface area contributed by atoms with Gasteiger partial charge in [-0.3, -0.25) is 14.4 Å². The predicted molar refractivity (Wildman–Crippen MR) is 135 cm³/mol. The van der Waals surface area contributed by atoms with Crippen molar-refractivity contribution < 1.29 is 17.9 Å². The van der Waals surface area contributed by atoms with Crippen LogP contribution in [0.15, 0.2) is 65.8 Å². The highest BCUT2D eigenvalue weighted by atomic mass is 35.5. The number of amides is 1. The fraction of sp³-hybridized carbons (Fsp3) is 0.261. The minimum absolute atomic E-state index is 0.144. The van der Waals surface area contributed by atoms with Gasteiger partial charge in [-0.25, -0.2) is 13.4 Å². The third-order valence-electron chi connectivity index (χ3n) is 5.66. The molecule has 0 bridgehead atoms. The first-order chi connectivity index (χ1) is 16.9. The van der Waals surface area contributed by atoms with Crippen LogP contribution < -0.4 is 4.90 Å². The maximum absolute atomic E-state index is 13.6. The molecule has 0 saturated carbocycles. The van der Waals surface area contributed by atoms with Crippen molar-refractivity contribution in [2.75, 3.05) is 37.7 Å². The number of nitrogens with zero attached hydrogens (tertiary/aromatic N) is 5. The van der Waals surface area contributed by atoms with Gasteiger partial charge in [0.2, 0.25) is 10.0 Å². The smallest absolute Gasteiger partial charge is 0.260 e. The molecule has 1 amide bonds. The molecule has 2 aromatic carbocycles. The summed E-state index contributed by atoms with van der Waals surface area (Å²) in [5.41, 5.74) is 0.995. The van der Waals surface area contributed by atoms with Crippen molar-refractivity contribution in [3.63, 3.8) is 0 Å². The Labute approximate surface area is 211 Å². The normalized spacial score (nSPS) is 14.9. The van der Waals surface area contributed by atoms with Gasteiger partial charge in [0, 0.05) is 37.6 Å². The lowest BCUT2D eigenvalue weighted by Crippen LogP contribution is -2.40. The Morgan fingerprint density at radius 2 is 1.89 bits per heavy atom. The zero-order valence-electron chi connectivity index (χ0n) is 18.6. The number of anilines is 1. The van der Waals surface area contributed by atoms with Crippen molar-refractivity contribution >= 4 is 54.2 Å². The highest BCUT2D eigenvalue weighted by Crippen LogP contribution is 2.33. The second-order valence-electron chi connectivity index (χ2n) is 7.85. The number of carbonyl (C=O) groups is 1. The first-order valence-corrected chi connectivity index (χ1v) is 13.6. The van der Waals surface area contributed by atoms with Crippen LogP contribution in [-0.4, -0.2) is 66.2 Å². The van der Waals surface area contributed by atoms with E-state index in [1.54, 1.807) is 21.8 Å². The van der Waals surface area contributed by atoms with Gasteiger partial charge in [0.1, 0.15) is 5.52 Å². The van der Waals surface area contributed by atoms with Gasteiger partial charge in [-0.2, -0.15) is 9.40 Å². The third kappa shape index (κ3) is 4.95. The van der Waals surface area contributed by atoms with Gasteiger partial charge in [0.25, 0.3) is 5.91 Å². The fourth-order valence-corrected chi connectivity index (χ4v) is 6.50. The number of ether oxygens (including phenoxy) is 1. The molecule has 4 aromatic rings. The van der Waals surface area contributed by atoms with Crippen LogP contribution in [0.1, 0.15) is 10.4 Å². The molecule has 35 heavy (non-hydrogen) atoms. The Morgan fingerprint density at radius 3 is 2.57 bits per heavy atom. The number of rotatable bonds is 7. The van der Waals surface area contributed by atoms with Gasteiger partial charge >= 0.3 is 0 Å². The minimum Gasteiger partial charge on any atom is -0.379 e. The highest BCUT2D eigenvalue weighted by Gasteiger charge is 2.27. The van der Waals surface area contributed by atoms with Gasteiger partial charge in [0.15, 0.2) is 5.13 Å². The van der Waals surface area contributed by atoms with Crippen molar-refractivity contribution in [3.05, 3.63) is 71.5 Å². The van der Waals surface area contributed by atoms with Crippen molar-refractivity contribution in [2.45, 2.75) is 11.4 Å². The summed E-state index contributed by atoms with van der Waals surface area (Å²) in [5.74, 6) is -0.289. The molecular weight excluding hydrogens is 510 g/mol. The Morgan fingerprint density at radius 1 is 1.11 bits per heavy atom. The number of benzene rings is 2. The molecule has 12 heteroatoms. The van der Waals surface area contributed by atoms with Crippen LogP contribution in [0.2, 0.25) is 5.02 Å². The van der Waals surface area contributed by atoms with E-state index in [0.29, 0.717) is 60.6 Å². The van der Waals surface area contributed by atoms with Gasteiger partial charge in [-0.15, -0.1) is 0 Å². The van der Waals surface area contributed by atoms with Crippen LogP contribution in [0, 0.1) is 0 Å². The molecule has 0 atom stereocenters. The summed E-state index contributed by atoms with van der Waals surface area (Å²) in [4.78, 5) is 19.9. The van der Waals surface area contributed by atoms with Crippen LogP contribution in [0.5, 0.6) is 0 Å². The number of morpholine rings is 1. The quantitative estimate of drug-likeness (QED) is 0.362. The number of para-hydroxylation sites is 1. The van der Waals surface area contributed by atoms with E-state index in [0.717, 1.165) is 4.70 Å². The molecular formula is C23H22ClN5O4S2. The second-order valence-corrected chi connectivity index (χ2v) is 11.2.